The summed E-state index contributed by atoms with van der Waals surface area (Å²) in [6.07, 6.45) is 5.97. The quantitative estimate of drug-likeness (QED) is 0.195. The highest BCUT2D eigenvalue weighted by Gasteiger charge is 2.23. The minimum absolute atomic E-state index is 0.0277. The molecule has 1 aliphatic rings. The molecule has 0 saturated heterocycles. The van der Waals surface area contributed by atoms with Gasteiger partial charge in [-0.25, -0.2) is 4.39 Å². The second-order valence-corrected chi connectivity index (χ2v) is 10.4. The molecule has 0 bridgehead atoms. The summed E-state index contributed by atoms with van der Waals surface area (Å²) in [5.41, 5.74) is 7.84. The van der Waals surface area contributed by atoms with Crippen LogP contribution in [0, 0.1) is 5.82 Å². The molecule has 5 rings (SSSR count). The van der Waals surface area contributed by atoms with Crippen molar-refractivity contribution in [3.63, 3.8) is 0 Å². The van der Waals surface area contributed by atoms with Gasteiger partial charge in [-0.1, -0.05) is 18.2 Å². The lowest BCUT2D eigenvalue weighted by Crippen LogP contribution is -2.35. The first-order valence-corrected chi connectivity index (χ1v) is 14.3. The average Bonchev–Trinajstić information content (AvgIpc) is 3.51. The first-order chi connectivity index (χ1) is 20.9. The molecule has 1 heterocycles. The van der Waals surface area contributed by atoms with E-state index in [1.54, 1.807) is 61.8 Å². The molecule has 4 aromatic rings. The van der Waals surface area contributed by atoms with Crippen LogP contribution in [0.5, 0.6) is 23.0 Å². The molecule has 9 nitrogen and oxygen atoms in total. The first-order valence-electron chi connectivity index (χ1n) is 14.3. The van der Waals surface area contributed by atoms with Gasteiger partial charge in [0, 0.05) is 29.8 Å². The fourth-order valence-corrected chi connectivity index (χ4v) is 4.92. The van der Waals surface area contributed by atoms with Gasteiger partial charge in [0.15, 0.2) is 11.5 Å². The topological polar surface area (TPSA) is 122 Å². The Hall–Kier alpha value is -4.70. The molecule has 43 heavy (non-hydrogen) atoms. The third kappa shape index (κ3) is 7.98. The van der Waals surface area contributed by atoms with Crippen LogP contribution < -0.4 is 25.3 Å². The molecule has 0 spiro atoms. The van der Waals surface area contributed by atoms with Gasteiger partial charge in [0.05, 0.1) is 25.7 Å². The number of nitrogens with zero attached hydrogens (tertiary/aromatic N) is 1. The average molecular weight is 588 g/mol. The number of benzene rings is 3. The molecular weight excluding hydrogens is 553 g/mol. The zero-order valence-corrected chi connectivity index (χ0v) is 23.9. The van der Waals surface area contributed by atoms with Crippen LogP contribution in [-0.2, 0) is 20.7 Å². The van der Waals surface area contributed by atoms with E-state index in [4.69, 9.17) is 24.7 Å². The van der Waals surface area contributed by atoms with Crippen LogP contribution in [0.25, 0.3) is 10.9 Å². The van der Waals surface area contributed by atoms with E-state index in [9.17, 15) is 14.0 Å². The molecule has 10 heteroatoms. The highest BCUT2D eigenvalue weighted by molar-refractivity contribution is 5.92. The minimum atomic E-state index is -0.764. The van der Waals surface area contributed by atoms with Crippen molar-refractivity contribution in [2.45, 2.75) is 50.7 Å². The lowest BCUT2D eigenvalue weighted by Gasteiger charge is -2.17. The Morgan fingerprint density at radius 2 is 1.81 bits per heavy atom. The number of aromatic nitrogens is 1. The number of carbonyl (C=O) groups excluding carboxylic acids is 2. The maximum atomic E-state index is 13.4. The molecule has 1 fully saturated rings. The maximum Gasteiger partial charge on any atom is 0.323 e. The molecule has 0 aliphatic heterocycles. The molecule has 224 valence electrons. The first kappa shape index (κ1) is 29.8. The number of rotatable bonds is 12. The van der Waals surface area contributed by atoms with Crippen LogP contribution in [0.2, 0.25) is 0 Å². The maximum absolute atomic E-state index is 13.4. The zero-order chi connectivity index (χ0) is 30.2. The number of methoxy groups -OCH3 is 1. The molecule has 3 aromatic carbocycles. The summed E-state index contributed by atoms with van der Waals surface area (Å²) in [6, 6.07) is 17.4. The van der Waals surface area contributed by atoms with Gasteiger partial charge >= 0.3 is 5.97 Å². The summed E-state index contributed by atoms with van der Waals surface area (Å²) in [7, 11) is 1.54. The van der Waals surface area contributed by atoms with Gasteiger partial charge in [-0.05, 0) is 73.7 Å². The minimum Gasteiger partial charge on any atom is -0.493 e. The van der Waals surface area contributed by atoms with E-state index >= 15 is 0 Å². The number of ether oxygens (including phenoxy) is 4. The number of amides is 1. The molecule has 3 N–H and O–H groups in total. The second-order valence-electron chi connectivity index (χ2n) is 10.4. The Kier molecular flexibility index (Phi) is 9.68. The molecule has 1 atom stereocenters. The van der Waals surface area contributed by atoms with Gasteiger partial charge in [-0.15, -0.1) is 0 Å². The van der Waals surface area contributed by atoms with Crippen LogP contribution in [0.4, 0.5) is 10.1 Å². The van der Waals surface area contributed by atoms with Crippen molar-refractivity contribution in [3.8, 4) is 23.0 Å². The second kappa shape index (κ2) is 14.0. The van der Waals surface area contributed by atoms with Gasteiger partial charge in [-0.2, -0.15) is 0 Å². The van der Waals surface area contributed by atoms with Crippen LogP contribution >= 0.6 is 0 Å². The normalized spacial score (nSPS) is 13.8. The third-order valence-electron chi connectivity index (χ3n) is 7.19. The highest BCUT2D eigenvalue weighted by atomic mass is 19.1. The number of fused-ring (bicyclic) bond motifs is 1. The lowest BCUT2D eigenvalue weighted by molar-refractivity contribution is -0.150. The number of nitrogens with two attached hydrogens (primary N) is 1. The van der Waals surface area contributed by atoms with Gasteiger partial charge in [0.1, 0.15) is 29.5 Å². The fourth-order valence-electron chi connectivity index (χ4n) is 4.92. The van der Waals surface area contributed by atoms with Crippen molar-refractivity contribution >= 4 is 28.5 Å². The monoisotopic (exact) mass is 587 g/mol. The van der Waals surface area contributed by atoms with Crippen molar-refractivity contribution in [2.75, 3.05) is 19.0 Å². The van der Waals surface area contributed by atoms with Crippen LogP contribution in [0.3, 0.4) is 0 Å². The summed E-state index contributed by atoms with van der Waals surface area (Å²) in [5.74, 6) is 1.01. The highest BCUT2D eigenvalue weighted by Crippen LogP contribution is 2.37. The molecule has 0 unspecified atom stereocenters. The summed E-state index contributed by atoms with van der Waals surface area (Å²) < 4.78 is 36.5. The summed E-state index contributed by atoms with van der Waals surface area (Å²) in [5, 5.41) is 3.40. The Labute approximate surface area is 249 Å². The fraction of sp³-hybridized carbons (Fsp3) is 0.303. The van der Waals surface area contributed by atoms with Crippen molar-refractivity contribution in [1.82, 2.24) is 4.98 Å². The number of nitrogens with one attached hydrogen (secondary N) is 1. The van der Waals surface area contributed by atoms with Crippen molar-refractivity contribution in [3.05, 3.63) is 84.3 Å². The summed E-state index contributed by atoms with van der Waals surface area (Å²) in [6.45, 7) is 0.200. The number of halogens is 1. The number of hydrogen-bond donors (Lipinski definition) is 2. The third-order valence-corrected chi connectivity index (χ3v) is 7.19. The molecule has 1 aromatic heterocycles. The largest absolute Gasteiger partial charge is 0.493 e. The number of carbonyl (C=O) groups is 2. The van der Waals surface area contributed by atoms with E-state index in [2.05, 4.69) is 10.3 Å². The van der Waals surface area contributed by atoms with Gasteiger partial charge in [0.2, 0.25) is 5.91 Å². The van der Waals surface area contributed by atoms with Crippen LogP contribution in [0.1, 0.15) is 37.7 Å². The van der Waals surface area contributed by atoms with E-state index in [0.717, 1.165) is 31.2 Å². The Balaban J connectivity index is 1.20. The van der Waals surface area contributed by atoms with E-state index < -0.39 is 17.8 Å². The van der Waals surface area contributed by atoms with Gasteiger partial charge in [-0.3, -0.25) is 14.6 Å². The molecule has 1 saturated carbocycles. The molecule has 0 radical (unpaired) electrons. The van der Waals surface area contributed by atoms with Crippen LogP contribution in [0.15, 0.2) is 72.9 Å². The van der Waals surface area contributed by atoms with Crippen molar-refractivity contribution in [1.29, 1.82) is 0 Å². The number of hydrogen-bond acceptors (Lipinski definition) is 8. The molecule has 1 aliphatic carbocycles. The number of anilines is 1. The number of pyridine rings is 1. The van der Waals surface area contributed by atoms with Crippen molar-refractivity contribution in [2.24, 2.45) is 5.73 Å². The summed E-state index contributed by atoms with van der Waals surface area (Å²) in [4.78, 5) is 29.1. The van der Waals surface area contributed by atoms with Gasteiger partial charge in [0.25, 0.3) is 0 Å². The number of esters is 1. The summed E-state index contributed by atoms with van der Waals surface area (Å²) >= 11 is 0. The van der Waals surface area contributed by atoms with Crippen molar-refractivity contribution < 1.29 is 32.9 Å². The molecule has 1 amide bonds. The zero-order valence-electron chi connectivity index (χ0n) is 23.9. The van der Waals surface area contributed by atoms with E-state index in [1.807, 2.05) is 0 Å². The SMILES string of the molecule is COc1cc2c(Oc3ccc(CC(=O)Nc4cccc(F)c4)cc3)ccnc2cc1OCC[C@H](N)C(=O)OC1CCCC1. The standard InChI is InChI=1S/C33H34FN3O6/c1-40-30-19-26-28(20-31(30)41-16-14-27(35)33(39)43-24-7-2-3-8-24)36-15-13-29(26)42-25-11-9-21(10-12-25)17-32(38)37-23-6-4-5-22(34)18-23/h4-6,9-13,15,18-20,24,27H,2-3,7-8,14,16-17,35H2,1H3,(H,37,38)/t27-/m0/s1. The predicted molar refractivity (Wildman–Crippen MR) is 160 cm³/mol. The smallest absolute Gasteiger partial charge is 0.323 e. The van der Waals surface area contributed by atoms with E-state index in [-0.39, 0.29) is 25.0 Å². The Morgan fingerprint density at radius 1 is 1.02 bits per heavy atom. The van der Waals surface area contributed by atoms with E-state index in [0.29, 0.717) is 46.0 Å². The molecular formula is C33H34FN3O6. The van der Waals surface area contributed by atoms with Gasteiger partial charge < -0.3 is 30.0 Å². The lowest BCUT2D eigenvalue weighted by atomic mass is 10.1. The Morgan fingerprint density at radius 3 is 2.56 bits per heavy atom. The van der Waals surface area contributed by atoms with E-state index in [1.165, 1.54) is 18.2 Å². The van der Waals surface area contributed by atoms with Crippen LogP contribution in [-0.4, -0.2) is 42.7 Å². The Bertz CT molecular complexity index is 1570. The predicted octanol–water partition coefficient (Wildman–Crippen LogP) is 5.94.